The molecule has 0 aliphatic carbocycles. The van der Waals surface area contributed by atoms with Gasteiger partial charge in [0.2, 0.25) is 17.7 Å². The molecule has 23 heavy (non-hydrogen) atoms. The summed E-state index contributed by atoms with van der Waals surface area (Å²) in [6, 6.07) is 9.42. The Morgan fingerprint density at radius 3 is 2.74 bits per heavy atom. The predicted octanol–water partition coefficient (Wildman–Crippen LogP) is 1.60. The molecule has 7 heteroatoms. The standard InChI is InChI=1S/C16H17N3O4/c20-14(19-9-8-12(10-19)16(21)22)7-6-13-17-18-15(23-13)11-4-2-1-3-5-11/h1-5,12H,6-10H2,(H,21,22). The fraction of sp³-hybridized carbons (Fsp3) is 0.375. The van der Waals surface area contributed by atoms with Gasteiger partial charge >= 0.3 is 5.97 Å². The maximum absolute atomic E-state index is 12.1. The smallest absolute Gasteiger partial charge is 0.308 e. The van der Waals surface area contributed by atoms with Crippen molar-refractivity contribution in [2.45, 2.75) is 19.3 Å². The van der Waals surface area contributed by atoms with E-state index in [1.807, 2.05) is 30.3 Å². The third kappa shape index (κ3) is 3.56. The van der Waals surface area contributed by atoms with Crippen molar-refractivity contribution in [2.75, 3.05) is 13.1 Å². The molecule has 0 radical (unpaired) electrons. The zero-order chi connectivity index (χ0) is 16.2. The molecule has 2 heterocycles. The number of carbonyl (C=O) groups excluding carboxylic acids is 1. The Labute approximate surface area is 132 Å². The number of aryl methyl sites for hydroxylation is 1. The molecule has 1 atom stereocenters. The predicted molar refractivity (Wildman–Crippen MR) is 80.4 cm³/mol. The van der Waals surface area contributed by atoms with E-state index in [1.165, 1.54) is 0 Å². The van der Waals surface area contributed by atoms with Crippen molar-refractivity contribution in [3.8, 4) is 11.5 Å². The van der Waals surface area contributed by atoms with Crippen molar-refractivity contribution in [1.29, 1.82) is 0 Å². The summed E-state index contributed by atoms with van der Waals surface area (Å²) in [6.07, 6.45) is 1.11. The number of amides is 1. The molecule has 1 aliphatic rings. The summed E-state index contributed by atoms with van der Waals surface area (Å²) in [5.41, 5.74) is 0.835. The number of rotatable bonds is 5. The van der Waals surface area contributed by atoms with E-state index in [-0.39, 0.29) is 18.9 Å². The molecule has 0 spiro atoms. The van der Waals surface area contributed by atoms with Gasteiger partial charge in [0, 0.05) is 31.5 Å². The molecule has 1 aliphatic heterocycles. The lowest BCUT2D eigenvalue weighted by atomic mass is 10.1. The Morgan fingerprint density at radius 2 is 2.04 bits per heavy atom. The molecule has 2 aromatic rings. The molecule has 1 aromatic heterocycles. The minimum absolute atomic E-state index is 0.0757. The van der Waals surface area contributed by atoms with Gasteiger partial charge in [-0.25, -0.2) is 0 Å². The summed E-state index contributed by atoms with van der Waals surface area (Å²) >= 11 is 0. The zero-order valence-corrected chi connectivity index (χ0v) is 12.5. The minimum Gasteiger partial charge on any atom is -0.481 e. The second-order valence-corrected chi connectivity index (χ2v) is 5.53. The first-order chi connectivity index (χ1) is 11.1. The summed E-state index contributed by atoms with van der Waals surface area (Å²) in [7, 11) is 0. The number of carboxylic acids is 1. The van der Waals surface area contributed by atoms with Gasteiger partial charge in [-0.2, -0.15) is 0 Å². The fourth-order valence-electron chi connectivity index (χ4n) is 2.61. The van der Waals surface area contributed by atoms with Crippen LogP contribution in [0.15, 0.2) is 34.7 Å². The van der Waals surface area contributed by atoms with E-state index in [1.54, 1.807) is 4.90 Å². The molecule has 3 rings (SSSR count). The molecule has 0 bridgehead atoms. The first-order valence-electron chi connectivity index (χ1n) is 7.52. The van der Waals surface area contributed by atoms with E-state index in [9.17, 15) is 9.59 Å². The van der Waals surface area contributed by atoms with Crippen LogP contribution in [0.2, 0.25) is 0 Å². The number of carboxylic acid groups (broad SMARTS) is 1. The lowest BCUT2D eigenvalue weighted by molar-refractivity contribution is -0.141. The molecule has 120 valence electrons. The van der Waals surface area contributed by atoms with Crippen LogP contribution in [0.5, 0.6) is 0 Å². The number of hydrogen-bond donors (Lipinski definition) is 1. The first kappa shape index (κ1) is 15.2. The number of aromatic nitrogens is 2. The number of aliphatic carboxylic acids is 1. The second-order valence-electron chi connectivity index (χ2n) is 5.53. The summed E-state index contributed by atoms with van der Waals surface area (Å²) in [4.78, 5) is 24.6. The number of nitrogens with zero attached hydrogens (tertiary/aromatic N) is 3. The number of benzene rings is 1. The number of likely N-dealkylation sites (tertiary alicyclic amines) is 1. The van der Waals surface area contributed by atoms with Gasteiger partial charge in [0.1, 0.15) is 0 Å². The maximum atomic E-state index is 12.1. The van der Waals surface area contributed by atoms with Crippen molar-refractivity contribution in [2.24, 2.45) is 5.92 Å². The van der Waals surface area contributed by atoms with Gasteiger partial charge in [-0.1, -0.05) is 18.2 Å². The van der Waals surface area contributed by atoms with Crippen LogP contribution in [0, 0.1) is 5.92 Å². The largest absolute Gasteiger partial charge is 0.481 e. The van der Waals surface area contributed by atoms with Gasteiger partial charge in [-0.05, 0) is 18.6 Å². The highest BCUT2D eigenvalue weighted by Crippen LogP contribution is 2.19. The van der Waals surface area contributed by atoms with Crippen LogP contribution in [0.1, 0.15) is 18.7 Å². The summed E-state index contributed by atoms with van der Waals surface area (Å²) in [6.45, 7) is 0.780. The van der Waals surface area contributed by atoms with Gasteiger partial charge in [-0.3, -0.25) is 9.59 Å². The monoisotopic (exact) mass is 315 g/mol. The van der Waals surface area contributed by atoms with Crippen molar-refractivity contribution < 1.29 is 19.1 Å². The molecule has 1 unspecified atom stereocenters. The molecule has 1 N–H and O–H groups in total. The van der Waals surface area contributed by atoms with E-state index < -0.39 is 11.9 Å². The molecular weight excluding hydrogens is 298 g/mol. The van der Waals surface area contributed by atoms with Crippen LogP contribution in [0.4, 0.5) is 0 Å². The summed E-state index contributed by atoms with van der Waals surface area (Å²) in [5.74, 6) is -0.531. The third-order valence-corrected chi connectivity index (χ3v) is 3.93. The average Bonchev–Trinajstić information content (AvgIpc) is 3.23. The van der Waals surface area contributed by atoms with Crippen LogP contribution in [0.25, 0.3) is 11.5 Å². The Balaban J connectivity index is 1.54. The highest BCUT2D eigenvalue weighted by Gasteiger charge is 2.30. The van der Waals surface area contributed by atoms with E-state index >= 15 is 0 Å². The molecule has 7 nitrogen and oxygen atoms in total. The minimum atomic E-state index is -0.843. The average molecular weight is 315 g/mol. The lowest BCUT2D eigenvalue weighted by Gasteiger charge is -2.14. The van der Waals surface area contributed by atoms with E-state index in [2.05, 4.69) is 10.2 Å². The highest BCUT2D eigenvalue weighted by molar-refractivity contribution is 5.78. The second kappa shape index (κ2) is 6.60. The van der Waals surface area contributed by atoms with Gasteiger partial charge in [0.25, 0.3) is 0 Å². The van der Waals surface area contributed by atoms with Crippen molar-refractivity contribution >= 4 is 11.9 Å². The number of carbonyl (C=O) groups is 2. The van der Waals surface area contributed by atoms with E-state index in [0.717, 1.165) is 5.56 Å². The molecule has 1 fully saturated rings. The van der Waals surface area contributed by atoms with Crippen LogP contribution < -0.4 is 0 Å². The molecule has 1 saturated heterocycles. The van der Waals surface area contributed by atoms with Crippen LogP contribution in [0.3, 0.4) is 0 Å². The molecular formula is C16H17N3O4. The van der Waals surface area contributed by atoms with Crippen LogP contribution in [-0.2, 0) is 16.0 Å². The fourth-order valence-corrected chi connectivity index (χ4v) is 2.61. The Hall–Kier alpha value is -2.70. The summed E-state index contributed by atoms with van der Waals surface area (Å²) < 4.78 is 5.56. The maximum Gasteiger partial charge on any atom is 0.308 e. The van der Waals surface area contributed by atoms with Gasteiger partial charge in [0.15, 0.2) is 0 Å². The van der Waals surface area contributed by atoms with Crippen molar-refractivity contribution in [1.82, 2.24) is 15.1 Å². The van der Waals surface area contributed by atoms with Crippen molar-refractivity contribution in [3.63, 3.8) is 0 Å². The number of hydrogen-bond acceptors (Lipinski definition) is 5. The SMILES string of the molecule is O=C(O)C1CCN(C(=O)CCc2nnc(-c3ccccc3)o2)C1. The topological polar surface area (TPSA) is 96.5 Å². The first-order valence-corrected chi connectivity index (χ1v) is 7.52. The van der Waals surface area contributed by atoms with E-state index in [0.29, 0.717) is 31.2 Å². The van der Waals surface area contributed by atoms with Crippen LogP contribution >= 0.6 is 0 Å². The Morgan fingerprint density at radius 1 is 1.26 bits per heavy atom. The Bertz CT molecular complexity index is 698. The van der Waals surface area contributed by atoms with E-state index in [4.69, 9.17) is 9.52 Å². The zero-order valence-electron chi connectivity index (χ0n) is 12.5. The van der Waals surface area contributed by atoms with Crippen molar-refractivity contribution in [3.05, 3.63) is 36.2 Å². The molecule has 1 aromatic carbocycles. The van der Waals surface area contributed by atoms with Gasteiger partial charge in [0.05, 0.1) is 5.92 Å². The molecule has 0 saturated carbocycles. The Kier molecular flexibility index (Phi) is 4.36. The lowest BCUT2D eigenvalue weighted by Crippen LogP contribution is -2.30. The molecule has 1 amide bonds. The van der Waals surface area contributed by atoms with Gasteiger partial charge in [-0.15, -0.1) is 10.2 Å². The summed E-state index contributed by atoms with van der Waals surface area (Å²) in [5, 5.41) is 16.9. The van der Waals surface area contributed by atoms with Crippen LogP contribution in [-0.4, -0.2) is 45.2 Å². The quantitative estimate of drug-likeness (QED) is 0.900. The van der Waals surface area contributed by atoms with Gasteiger partial charge < -0.3 is 14.4 Å². The third-order valence-electron chi connectivity index (χ3n) is 3.93. The normalized spacial score (nSPS) is 17.4. The highest BCUT2D eigenvalue weighted by atomic mass is 16.4.